The van der Waals surface area contributed by atoms with Gasteiger partial charge in [0.05, 0.1) is 8.07 Å². The normalized spacial score (nSPS) is 13.6. The van der Waals surface area contributed by atoms with Crippen molar-refractivity contribution in [2.75, 3.05) is 0 Å². The minimum absolute atomic E-state index is 0.254. The van der Waals surface area contributed by atoms with E-state index in [0.717, 1.165) is 5.75 Å². The van der Waals surface area contributed by atoms with E-state index < -0.39 is 16.4 Å². The summed E-state index contributed by atoms with van der Waals surface area (Å²) in [4.78, 5) is 0. The summed E-state index contributed by atoms with van der Waals surface area (Å²) in [6.45, 7) is 18.5. The molecule has 0 bridgehead atoms. The predicted molar refractivity (Wildman–Crippen MR) is 87.2 cm³/mol. The smallest absolute Gasteiger partial charge is 0.250 e. The Morgan fingerprint density at radius 1 is 0.833 bits per heavy atom. The summed E-state index contributed by atoms with van der Waals surface area (Å²) in [7, 11) is -2.89. The van der Waals surface area contributed by atoms with Crippen molar-refractivity contribution in [3.63, 3.8) is 0 Å². The van der Waals surface area contributed by atoms with Gasteiger partial charge in [-0.1, -0.05) is 57.7 Å². The van der Waals surface area contributed by atoms with E-state index in [2.05, 4.69) is 77.8 Å². The Bertz CT molecular complexity index is 394. The summed E-state index contributed by atoms with van der Waals surface area (Å²) in [5.41, 5.74) is 0. The highest BCUT2D eigenvalue weighted by Crippen LogP contribution is 2.37. The van der Waals surface area contributed by atoms with Crippen LogP contribution in [-0.2, 0) is 0 Å². The van der Waals surface area contributed by atoms with Crippen LogP contribution >= 0.6 is 0 Å². The third-order valence-corrected chi connectivity index (χ3v) is 10.3. The highest BCUT2D eigenvalue weighted by molar-refractivity contribution is 6.88. The molecule has 0 fully saturated rings. The first-order valence-electron chi connectivity index (χ1n) is 6.73. The highest BCUT2D eigenvalue weighted by Gasteiger charge is 2.38. The van der Waals surface area contributed by atoms with Crippen LogP contribution in [0.3, 0.4) is 0 Å². The van der Waals surface area contributed by atoms with Crippen LogP contribution in [0.15, 0.2) is 24.3 Å². The molecule has 0 spiro atoms. The first kappa shape index (κ1) is 15.5. The molecular weight excluding hydrogens is 252 g/mol. The van der Waals surface area contributed by atoms with Gasteiger partial charge in [-0.3, -0.25) is 0 Å². The molecule has 0 atom stereocenters. The number of rotatable bonds is 3. The fourth-order valence-corrected chi connectivity index (χ4v) is 3.67. The Hall–Kier alpha value is -0.546. The Kier molecular flexibility index (Phi) is 4.18. The van der Waals surface area contributed by atoms with E-state index in [-0.39, 0.29) is 5.04 Å². The predicted octanol–water partition coefficient (Wildman–Crippen LogP) is 4.62. The van der Waals surface area contributed by atoms with E-state index in [4.69, 9.17) is 4.43 Å². The minimum Gasteiger partial charge on any atom is -0.544 e. The number of hydrogen-bond donors (Lipinski definition) is 0. The molecule has 0 aliphatic rings. The summed E-state index contributed by atoms with van der Waals surface area (Å²) in [5, 5.41) is 1.75. The van der Waals surface area contributed by atoms with E-state index >= 15 is 0 Å². The topological polar surface area (TPSA) is 9.23 Å². The van der Waals surface area contributed by atoms with Crippen LogP contribution in [0.5, 0.6) is 5.75 Å². The largest absolute Gasteiger partial charge is 0.544 e. The van der Waals surface area contributed by atoms with Gasteiger partial charge in [0.1, 0.15) is 5.75 Å². The minimum atomic E-state index is -1.70. The summed E-state index contributed by atoms with van der Waals surface area (Å²) in [5.74, 6) is 1.03. The van der Waals surface area contributed by atoms with Crippen LogP contribution in [0.4, 0.5) is 0 Å². The third-order valence-electron chi connectivity index (χ3n) is 3.90. The van der Waals surface area contributed by atoms with Gasteiger partial charge in [-0.15, -0.1) is 0 Å². The standard InChI is InChI=1S/C15H28OSi2/c1-15(2,3)18(7,8)16-13-9-11-14(12-10-13)17(4,5)6/h9-12H,1-8H3. The van der Waals surface area contributed by atoms with Crippen molar-refractivity contribution in [1.29, 1.82) is 0 Å². The zero-order valence-corrected chi connectivity index (χ0v) is 15.2. The molecule has 18 heavy (non-hydrogen) atoms. The molecule has 0 heterocycles. The van der Waals surface area contributed by atoms with Crippen LogP contribution in [0.25, 0.3) is 0 Å². The zero-order chi connectivity index (χ0) is 14.2. The fourth-order valence-electron chi connectivity index (χ4n) is 1.47. The van der Waals surface area contributed by atoms with Gasteiger partial charge in [0, 0.05) is 0 Å². The molecule has 0 unspecified atom stereocenters. The molecule has 1 aromatic carbocycles. The molecule has 102 valence electrons. The van der Waals surface area contributed by atoms with Crippen LogP contribution in [-0.4, -0.2) is 16.4 Å². The van der Waals surface area contributed by atoms with Gasteiger partial charge in [-0.05, 0) is 30.3 Å². The fraction of sp³-hybridized carbons (Fsp3) is 0.600. The molecule has 0 aromatic heterocycles. The summed E-state index contributed by atoms with van der Waals surface area (Å²) in [6, 6.07) is 8.78. The molecule has 1 nitrogen and oxygen atoms in total. The molecule has 1 rings (SSSR count). The van der Waals surface area contributed by atoms with Crippen molar-refractivity contribution < 1.29 is 4.43 Å². The quantitative estimate of drug-likeness (QED) is 0.734. The Balaban J connectivity index is 2.89. The van der Waals surface area contributed by atoms with E-state index in [0.29, 0.717) is 0 Å². The molecule has 0 aliphatic heterocycles. The molecule has 0 saturated carbocycles. The van der Waals surface area contributed by atoms with Gasteiger partial charge >= 0.3 is 0 Å². The zero-order valence-electron chi connectivity index (χ0n) is 13.2. The lowest BCUT2D eigenvalue weighted by atomic mass is 10.2. The van der Waals surface area contributed by atoms with Crippen molar-refractivity contribution in [3.05, 3.63) is 24.3 Å². The lowest BCUT2D eigenvalue weighted by Gasteiger charge is -2.36. The molecule has 0 amide bonds. The maximum atomic E-state index is 6.29. The van der Waals surface area contributed by atoms with Crippen molar-refractivity contribution in [3.8, 4) is 5.75 Å². The van der Waals surface area contributed by atoms with Crippen molar-refractivity contribution in [2.24, 2.45) is 0 Å². The van der Waals surface area contributed by atoms with Crippen LogP contribution in [0.2, 0.25) is 37.8 Å². The molecule has 1 aromatic rings. The van der Waals surface area contributed by atoms with Crippen molar-refractivity contribution in [1.82, 2.24) is 0 Å². The first-order chi connectivity index (χ1) is 7.93. The number of benzene rings is 1. The highest BCUT2D eigenvalue weighted by atomic mass is 28.4. The average molecular weight is 281 g/mol. The van der Waals surface area contributed by atoms with Gasteiger partial charge in [-0.2, -0.15) is 0 Å². The summed E-state index contributed by atoms with van der Waals surface area (Å²) in [6.07, 6.45) is 0. The average Bonchev–Trinajstić information content (AvgIpc) is 2.14. The molecule has 3 heteroatoms. The molecule has 0 aliphatic carbocycles. The second-order valence-corrected chi connectivity index (χ2v) is 17.4. The lowest BCUT2D eigenvalue weighted by molar-refractivity contribution is 0.492. The maximum absolute atomic E-state index is 6.29. The van der Waals surface area contributed by atoms with Crippen LogP contribution < -0.4 is 9.61 Å². The van der Waals surface area contributed by atoms with Gasteiger partial charge in [0.2, 0.25) is 8.32 Å². The Morgan fingerprint density at radius 3 is 1.61 bits per heavy atom. The second kappa shape index (κ2) is 4.85. The summed E-state index contributed by atoms with van der Waals surface area (Å²) < 4.78 is 6.29. The summed E-state index contributed by atoms with van der Waals surface area (Å²) >= 11 is 0. The van der Waals surface area contributed by atoms with E-state index in [9.17, 15) is 0 Å². The molecule has 0 saturated heterocycles. The first-order valence-corrected chi connectivity index (χ1v) is 13.1. The van der Waals surface area contributed by atoms with Gasteiger partial charge in [0.25, 0.3) is 0 Å². The van der Waals surface area contributed by atoms with Gasteiger partial charge in [0.15, 0.2) is 0 Å². The lowest BCUT2D eigenvalue weighted by Crippen LogP contribution is -2.44. The Labute approximate surface area is 115 Å². The van der Waals surface area contributed by atoms with Crippen molar-refractivity contribution >= 4 is 21.6 Å². The molecule has 0 radical (unpaired) electrons. The van der Waals surface area contributed by atoms with Crippen LogP contribution in [0, 0.1) is 0 Å². The van der Waals surface area contributed by atoms with E-state index in [1.54, 1.807) is 0 Å². The molecule has 0 N–H and O–H groups in total. The van der Waals surface area contributed by atoms with Crippen molar-refractivity contribution in [2.45, 2.75) is 58.5 Å². The molecular formula is C15H28OSi2. The SMILES string of the molecule is CC(C)(C)[Si](C)(C)Oc1ccc([Si](C)(C)C)cc1. The maximum Gasteiger partial charge on any atom is 0.250 e. The van der Waals surface area contributed by atoms with Crippen LogP contribution in [0.1, 0.15) is 20.8 Å². The second-order valence-electron chi connectivity index (χ2n) is 7.64. The van der Waals surface area contributed by atoms with Gasteiger partial charge < -0.3 is 4.43 Å². The number of hydrogen-bond acceptors (Lipinski definition) is 1. The third kappa shape index (κ3) is 3.72. The monoisotopic (exact) mass is 280 g/mol. The van der Waals surface area contributed by atoms with E-state index in [1.807, 2.05) is 0 Å². The Morgan fingerprint density at radius 2 is 1.28 bits per heavy atom. The van der Waals surface area contributed by atoms with E-state index in [1.165, 1.54) is 5.19 Å². The van der Waals surface area contributed by atoms with Gasteiger partial charge in [-0.25, -0.2) is 0 Å².